The van der Waals surface area contributed by atoms with Gasteiger partial charge in [-0.2, -0.15) is 5.10 Å². The minimum atomic E-state index is -3.07. The Hall–Kier alpha value is -1.57. The van der Waals surface area contributed by atoms with E-state index in [1.165, 1.54) is 18.0 Å². The molecule has 7 nitrogen and oxygen atoms in total. The van der Waals surface area contributed by atoms with Crippen molar-refractivity contribution in [1.82, 2.24) is 15.1 Å². The number of carbonyl (C=O) groups is 1. The van der Waals surface area contributed by atoms with Crippen LogP contribution in [0.25, 0.3) is 0 Å². The van der Waals surface area contributed by atoms with E-state index >= 15 is 0 Å². The molecule has 3 N–H and O–H groups in total. The van der Waals surface area contributed by atoms with Gasteiger partial charge >= 0.3 is 0 Å². The van der Waals surface area contributed by atoms with Crippen LogP contribution in [0.15, 0.2) is 6.07 Å². The summed E-state index contributed by atoms with van der Waals surface area (Å²) in [5.41, 5.74) is 5.59. The van der Waals surface area contributed by atoms with Gasteiger partial charge in [-0.1, -0.05) is 0 Å². The number of rotatable bonds is 4. The fraction of sp³-hybridized carbons (Fsp3) is 0.500. The number of hydrogen-bond acceptors (Lipinski definition) is 5. The summed E-state index contributed by atoms with van der Waals surface area (Å²) in [5.74, 6) is -0.188. The largest absolute Gasteiger partial charge is 0.382 e. The van der Waals surface area contributed by atoms with E-state index in [1.807, 2.05) is 0 Å². The minimum Gasteiger partial charge on any atom is -0.382 e. The van der Waals surface area contributed by atoms with Gasteiger partial charge in [-0.05, 0) is 0 Å². The zero-order valence-corrected chi connectivity index (χ0v) is 9.91. The summed E-state index contributed by atoms with van der Waals surface area (Å²) in [5, 5.41) is 6.08. The molecule has 0 fully saturated rings. The van der Waals surface area contributed by atoms with Crippen LogP contribution in [0.5, 0.6) is 0 Å². The lowest BCUT2D eigenvalue weighted by molar-refractivity contribution is 0.0797. The van der Waals surface area contributed by atoms with E-state index in [4.69, 9.17) is 5.73 Å². The second kappa shape index (κ2) is 4.52. The Morgan fingerprint density at radius 2 is 2.25 bits per heavy atom. The number of nitrogens with one attached hydrogen (secondary N) is 1. The molecular weight excluding hydrogens is 232 g/mol. The maximum atomic E-state index is 11.7. The predicted molar refractivity (Wildman–Crippen MR) is 59.7 cm³/mol. The molecule has 0 saturated carbocycles. The molecule has 0 aromatic carbocycles. The monoisotopic (exact) mass is 246 g/mol. The van der Waals surface area contributed by atoms with Crippen LogP contribution in [-0.2, 0) is 9.84 Å². The van der Waals surface area contributed by atoms with E-state index in [9.17, 15) is 13.2 Å². The van der Waals surface area contributed by atoms with Gasteiger partial charge in [-0.25, -0.2) is 8.42 Å². The van der Waals surface area contributed by atoms with Gasteiger partial charge in [0, 0.05) is 25.9 Å². The Bertz CT molecular complexity index is 479. The van der Waals surface area contributed by atoms with Crippen LogP contribution in [-0.4, -0.2) is 55.0 Å². The second-order valence-electron chi connectivity index (χ2n) is 3.56. The summed E-state index contributed by atoms with van der Waals surface area (Å²) in [7, 11) is -1.56. The molecule has 8 heteroatoms. The number of anilines is 1. The Kier molecular flexibility index (Phi) is 3.53. The summed E-state index contributed by atoms with van der Waals surface area (Å²) < 4.78 is 21.8. The van der Waals surface area contributed by atoms with Crippen molar-refractivity contribution in [1.29, 1.82) is 0 Å². The van der Waals surface area contributed by atoms with Gasteiger partial charge in [-0.3, -0.25) is 9.89 Å². The molecule has 1 rings (SSSR count). The zero-order chi connectivity index (χ0) is 12.3. The minimum absolute atomic E-state index is 0.0706. The predicted octanol–water partition coefficient (Wildman–Crippen LogP) is -0.891. The Labute approximate surface area is 93.5 Å². The summed E-state index contributed by atoms with van der Waals surface area (Å²) in [6.45, 7) is 0.136. The van der Waals surface area contributed by atoms with Crippen LogP contribution >= 0.6 is 0 Å². The second-order valence-corrected chi connectivity index (χ2v) is 5.82. The first kappa shape index (κ1) is 12.5. The van der Waals surface area contributed by atoms with Crippen molar-refractivity contribution in [3.63, 3.8) is 0 Å². The number of carbonyl (C=O) groups excluding carboxylic acids is 1. The number of H-pyrrole nitrogens is 1. The van der Waals surface area contributed by atoms with Gasteiger partial charge in [0.15, 0.2) is 0 Å². The fourth-order valence-electron chi connectivity index (χ4n) is 1.06. The normalized spacial score (nSPS) is 11.4. The van der Waals surface area contributed by atoms with Crippen LogP contribution in [0, 0.1) is 0 Å². The van der Waals surface area contributed by atoms with E-state index in [-0.39, 0.29) is 29.7 Å². The van der Waals surface area contributed by atoms with Crippen LogP contribution in [0.4, 0.5) is 5.82 Å². The van der Waals surface area contributed by atoms with Crippen LogP contribution < -0.4 is 5.73 Å². The Morgan fingerprint density at radius 3 is 2.69 bits per heavy atom. The molecule has 1 amide bonds. The van der Waals surface area contributed by atoms with Gasteiger partial charge in [-0.15, -0.1) is 0 Å². The summed E-state index contributed by atoms with van der Waals surface area (Å²) in [4.78, 5) is 13.0. The third kappa shape index (κ3) is 3.54. The lowest BCUT2D eigenvalue weighted by atomic mass is 10.3. The Morgan fingerprint density at radius 1 is 1.62 bits per heavy atom. The van der Waals surface area contributed by atoms with E-state index in [1.54, 1.807) is 0 Å². The Balaban J connectivity index is 2.61. The van der Waals surface area contributed by atoms with E-state index < -0.39 is 9.84 Å². The van der Waals surface area contributed by atoms with Crippen molar-refractivity contribution >= 4 is 21.6 Å². The van der Waals surface area contributed by atoms with Crippen LogP contribution in [0.3, 0.4) is 0 Å². The van der Waals surface area contributed by atoms with Gasteiger partial charge in [0.25, 0.3) is 5.91 Å². The zero-order valence-electron chi connectivity index (χ0n) is 9.10. The van der Waals surface area contributed by atoms with Crippen molar-refractivity contribution in [2.24, 2.45) is 0 Å². The summed E-state index contributed by atoms with van der Waals surface area (Å²) in [6.07, 6.45) is 1.12. The number of sulfone groups is 1. The molecule has 0 spiro atoms. The highest BCUT2D eigenvalue weighted by Crippen LogP contribution is 2.03. The summed E-state index contributed by atoms with van der Waals surface area (Å²) >= 11 is 0. The third-order valence-corrected chi connectivity index (χ3v) is 2.90. The smallest absolute Gasteiger partial charge is 0.271 e. The fourth-order valence-corrected chi connectivity index (χ4v) is 1.66. The van der Waals surface area contributed by atoms with Gasteiger partial charge in [0.1, 0.15) is 21.3 Å². The molecule has 16 heavy (non-hydrogen) atoms. The van der Waals surface area contributed by atoms with Crippen molar-refractivity contribution in [3.8, 4) is 0 Å². The average molecular weight is 246 g/mol. The number of amides is 1. The number of aromatic nitrogens is 2. The van der Waals surface area contributed by atoms with Gasteiger partial charge in [0.2, 0.25) is 0 Å². The molecule has 0 radical (unpaired) electrons. The molecule has 0 aliphatic carbocycles. The molecule has 1 aromatic rings. The number of hydrogen-bond donors (Lipinski definition) is 2. The number of nitrogens with two attached hydrogens (primary N) is 1. The first-order valence-electron chi connectivity index (χ1n) is 4.53. The molecule has 0 unspecified atom stereocenters. The quantitative estimate of drug-likeness (QED) is 0.716. The van der Waals surface area contributed by atoms with Crippen LogP contribution in [0.1, 0.15) is 10.5 Å². The lowest BCUT2D eigenvalue weighted by Crippen LogP contribution is -2.31. The van der Waals surface area contributed by atoms with E-state index in [2.05, 4.69) is 10.2 Å². The first-order chi connectivity index (χ1) is 7.29. The lowest BCUT2D eigenvalue weighted by Gasteiger charge is -2.14. The van der Waals surface area contributed by atoms with Gasteiger partial charge in [0.05, 0.1) is 5.75 Å². The molecule has 0 aliphatic rings. The molecule has 0 saturated heterocycles. The molecule has 1 heterocycles. The van der Waals surface area contributed by atoms with Crippen molar-refractivity contribution in [2.75, 3.05) is 31.3 Å². The van der Waals surface area contributed by atoms with E-state index in [0.29, 0.717) is 0 Å². The third-order valence-electron chi connectivity index (χ3n) is 1.97. The molecule has 90 valence electrons. The number of aromatic amines is 1. The molecule has 0 atom stereocenters. The maximum Gasteiger partial charge on any atom is 0.271 e. The number of nitrogen functional groups attached to an aromatic ring is 1. The molecule has 0 aliphatic heterocycles. The summed E-state index contributed by atoms with van der Waals surface area (Å²) in [6, 6.07) is 1.40. The topological polar surface area (TPSA) is 109 Å². The molecule has 1 aromatic heterocycles. The van der Waals surface area contributed by atoms with Crippen molar-refractivity contribution < 1.29 is 13.2 Å². The molecular formula is C8H14N4O3S. The maximum absolute atomic E-state index is 11.7. The van der Waals surface area contributed by atoms with E-state index in [0.717, 1.165) is 6.26 Å². The van der Waals surface area contributed by atoms with Gasteiger partial charge < -0.3 is 10.6 Å². The average Bonchev–Trinajstić information content (AvgIpc) is 2.59. The van der Waals surface area contributed by atoms with Crippen molar-refractivity contribution in [3.05, 3.63) is 11.8 Å². The highest BCUT2D eigenvalue weighted by atomic mass is 32.2. The highest BCUT2D eigenvalue weighted by molar-refractivity contribution is 7.90. The first-order valence-corrected chi connectivity index (χ1v) is 6.60. The highest BCUT2D eigenvalue weighted by Gasteiger charge is 2.15. The SMILES string of the molecule is CN(CCS(C)(=O)=O)C(=O)c1cc(N)n[nH]1. The molecule has 0 bridgehead atoms. The van der Waals surface area contributed by atoms with Crippen molar-refractivity contribution in [2.45, 2.75) is 0 Å². The number of nitrogens with zero attached hydrogens (tertiary/aromatic N) is 2. The standard InChI is InChI=1S/C8H14N4O3S/c1-12(3-4-16(2,14)15)8(13)6-5-7(9)11-10-6/h5H,3-4H2,1-2H3,(H3,9,10,11). The van der Waals surface area contributed by atoms with Crippen LogP contribution in [0.2, 0.25) is 0 Å².